The van der Waals surface area contributed by atoms with Gasteiger partial charge < -0.3 is 5.73 Å². The van der Waals surface area contributed by atoms with Gasteiger partial charge in [0.2, 0.25) is 0 Å². The van der Waals surface area contributed by atoms with Gasteiger partial charge in [-0.3, -0.25) is 0 Å². The van der Waals surface area contributed by atoms with E-state index >= 15 is 0 Å². The second-order valence-electron chi connectivity index (χ2n) is 4.46. The van der Waals surface area contributed by atoms with E-state index in [0.29, 0.717) is 5.69 Å². The summed E-state index contributed by atoms with van der Waals surface area (Å²) in [5.41, 5.74) is 10.4. The number of benzene rings is 2. The van der Waals surface area contributed by atoms with Crippen LogP contribution in [0.3, 0.4) is 0 Å². The van der Waals surface area contributed by atoms with Crippen LogP contribution in [-0.4, -0.2) is 15.0 Å². The maximum atomic E-state index is 5.96. The van der Waals surface area contributed by atoms with Crippen LogP contribution in [0.2, 0.25) is 0 Å². The molecule has 0 aliphatic carbocycles. The molecule has 3 rings (SSSR count). The molecule has 20 heavy (non-hydrogen) atoms. The van der Waals surface area contributed by atoms with Gasteiger partial charge in [-0.15, -0.1) is 10.2 Å². The van der Waals surface area contributed by atoms with Crippen molar-refractivity contribution in [2.45, 2.75) is 13.3 Å². The molecule has 6 heteroatoms. The van der Waals surface area contributed by atoms with Gasteiger partial charge in [0.05, 0.1) is 15.8 Å². The van der Waals surface area contributed by atoms with E-state index in [-0.39, 0.29) is 0 Å². The Morgan fingerprint density at radius 3 is 2.50 bits per heavy atom. The molecule has 3 aromatic rings. The summed E-state index contributed by atoms with van der Waals surface area (Å²) in [6, 6.07) is 10.1. The highest BCUT2D eigenvalue weighted by atomic mass is 79.9. The lowest BCUT2D eigenvalue weighted by molar-refractivity contribution is 0.765. The average molecular weight is 396 g/mol. The van der Waals surface area contributed by atoms with E-state index in [1.165, 1.54) is 5.56 Å². The molecule has 0 aliphatic rings. The Kier molecular flexibility index (Phi) is 3.52. The molecule has 2 N–H and O–H groups in total. The predicted molar refractivity (Wildman–Crippen MR) is 88.1 cm³/mol. The van der Waals surface area contributed by atoms with Gasteiger partial charge in [-0.2, -0.15) is 4.80 Å². The van der Waals surface area contributed by atoms with Crippen molar-refractivity contribution in [2.24, 2.45) is 0 Å². The van der Waals surface area contributed by atoms with Crippen molar-refractivity contribution in [1.29, 1.82) is 0 Å². The number of hydrogen-bond acceptors (Lipinski definition) is 3. The molecule has 4 nitrogen and oxygen atoms in total. The molecule has 0 unspecified atom stereocenters. The Bertz CT molecular complexity index is 778. The SMILES string of the molecule is CCc1ccc(-n2nc3cc(Br)c(N)c(Br)c3n2)cc1. The summed E-state index contributed by atoms with van der Waals surface area (Å²) >= 11 is 6.89. The van der Waals surface area contributed by atoms with Crippen molar-refractivity contribution in [2.75, 3.05) is 5.73 Å². The third-order valence-electron chi connectivity index (χ3n) is 3.18. The first kappa shape index (κ1) is 13.6. The quantitative estimate of drug-likeness (QED) is 0.664. The minimum absolute atomic E-state index is 0.630. The van der Waals surface area contributed by atoms with Gasteiger partial charge in [-0.05, 0) is 62.0 Å². The zero-order chi connectivity index (χ0) is 14.3. The average Bonchev–Trinajstić information content (AvgIpc) is 2.89. The first-order valence-electron chi connectivity index (χ1n) is 6.20. The molecule has 0 spiro atoms. The topological polar surface area (TPSA) is 56.7 Å². The molecule has 1 aromatic heterocycles. The number of anilines is 1. The molecule has 0 fully saturated rings. The predicted octanol–water partition coefficient (Wildman–Crippen LogP) is 4.09. The van der Waals surface area contributed by atoms with Gasteiger partial charge in [-0.1, -0.05) is 19.1 Å². The first-order chi connectivity index (χ1) is 9.60. The molecule has 0 bridgehead atoms. The highest BCUT2D eigenvalue weighted by Gasteiger charge is 2.13. The van der Waals surface area contributed by atoms with Gasteiger partial charge in [0.25, 0.3) is 0 Å². The second kappa shape index (κ2) is 5.18. The Morgan fingerprint density at radius 1 is 1.15 bits per heavy atom. The number of hydrogen-bond donors (Lipinski definition) is 1. The van der Waals surface area contributed by atoms with Crippen LogP contribution >= 0.6 is 31.9 Å². The first-order valence-corrected chi connectivity index (χ1v) is 7.78. The minimum atomic E-state index is 0.630. The van der Waals surface area contributed by atoms with Crippen LogP contribution in [-0.2, 0) is 6.42 Å². The number of nitrogens with two attached hydrogens (primary N) is 1. The number of fused-ring (bicyclic) bond motifs is 1. The Morgan fingerprint density at radius 2 is 1.85 bits per heavy atom. The highest BCUT2D eigenvalue weighted by Crippen LogP contribution is 2.34. The maximum Gasteiger partial charge on any atom is 0.130 e. The summed E-state index contributed by atoms with van der Waals surface area (Å²) < 4.78 is 1.57. The van der Waals surface area contributed by atoms with Crippen LogP contribution in [0.5, 0.6) is 0 Å². The monoisotopic (exact) mass is 394 g/mol. The lowest BCUT2D eigenvalue weighted by Gasteiger charge is -2.00. The molecule has 1 heterocycles. The molecule has 0 saturated heterocycles. The van der Waals surface area contributed by atoms with Crippen molar-refractivity contribution >= 4 is 48.6 Å². The molecule has 0 aliphatic heterocycles. The van der Waals surface area contributed by atoms with Crippen molar-refractivity contribution in [3.63, 3.8) is 0 Å². The number of halogens is 2. The lowest BCUT2D eigenvalue weighted by atomic mass is 10.2. The van der Waals surface area contributed by atoms with Crippen LogP contribution < -0.4 is 5.73 Å². The second-order valence-corrected chi connectivity index (χ2v) is 6.11. The summed E-state index contributed by atoms with van der Waals surface area (Å²) in [6.45, 7) is 2.13. The molecule has 2 aromatic carbocycles. The van der Waals surface area contributed by atoms with E-state index in [0.717, 1.165) is 32.1 Å². The largest absolute Gasteiger partial charge is 0.397 e. The van der Waals surface area contributed by atoms with Gasteiger partial charge in [0.1, 0.15) is 11.0 Å². The van der Waals surface area contributed by atoms with Crippen LogP contribution in [0.4, 0.5) is 5.69 Å². The standard InChI is InChI=1S/C14H12Br2N4/c1-2-8-3-5-9(6-4-8)20-18-11-7-10(15)13(17)12(16)14(11)19-20/h3-7H,2,17H2,1H3. The summed E-state index contributed by atoms with van der Waals surface area (Å²) in [5, 5.41) is 8.99. The lowest BCUT2D eigenvalue weighted by Crippen LogP contribution is -1.98. The smallest absolute Gasteiger partial charge is 0.130 e. The Hall–Kier alpha value is -1.40. The van der Waals surface area contributed by atoms with E-state index < -0.39 is 0 Å². The molecular formula is C14H12Br2N4. The summed E-state index contributed by atoms with van der Waals surface area (Å²) in [5.74, 6) is 0. The van der Waals surface area contributed by atoms with Crippen LogP contribution in [0.25, 0.3) is 16.7 Å². The van der Waals surface area contributed by atoms with Crippen molar-refractivity contribution < 1.29 is 0 Å². The van der Waals surface area contributed by atoms with E-state index in [1.807, 2.05) is 18.2 Å². The van der Waals surface area contributed by atoms with Crippen LogP contribution in [0, 0.1) is 0 Å². The number of nitrogen functional groups attached to an aromatic ring is 1. The van der Waals surface area contributed by atoms with Crippen LogP contribution in [0.1, 0.15) is 12.5 Å². The maximum absolute atomic E-state index is 5.96. The van der Waals surface area contributed by atoms with Crippen molar-refractivity contribution in [3.05, 3.63) is 44.8 Å². The summed E-state index contributed by atoms with van der Waals surface area (Å²) in [7, 11) is 0. The fourth-order valence-corrected chi connectivity index (χ4v) is 3.16. The van der Waals surface area contributed by atoms with Crippen molar-refractivity contribution in [3.8, 4) is 5.69 Å². The van der Waals surface area contributed by atoms with Gasteiger partial charge in [0.15, 0.2) is 0 Å². The van der Waals surface area contributed by atoms with Gasteiger partial charge in [0, 0.05) is 4.47 Å². The van der Waals surface area contributed by atoms with E-state index in [4.69, 9.17) is 5.73 Å². The molecule has 0 saturated carbocycles. The fourth-order valence-electron chi connectivity index (χ4n) is 1.98. The highest BCUT2D eigenvalue weighted by molar-refractivity contribution is 9.11. The zero-order valence-electron chi connectivity index (χ0n) is 10.8. The van der Waals surface area contributed by atoms with E-state index in [1.54, 1.807) is 4.80 Å². The third kappa shape index (κ3) is 2.23. The minimum Gasteiger partial charge on any atom is -0.397 e. The molecular weight excluding hydrogens is 384 g/mol. The number of aryl methyl sites for hydroxylation is 1. The van der Waals surface area contributed by atoms with E-state index in [2.05, 4.69) is 61.1 Å². The Labute approximate surface area is 133 Å². The molecule has 0 atom stereocenters. The van der Waals surface area contributed by atoms with Crippen molar-refractivity contribution in [1.82, 2.24) is 15.0 Å². The Balaban J connectivity index is 2.15. The molecule has 102 valence electrons. The zero-order valence-corrected chi connectivity index (χ0v) is 13.9. The normalized spacial score (nSPS) is 11.2. The molecule has 0 radical (unpaired) electrons. The van der Waals surface area contributed by atoms with Gasteiger partial charge >= 0.3 is 0 Å². The number of rotatable bonds is 2. The van der Waals surface area contributed by atoms with E-state index in [9.17, 15) is 0 Å². The summed E-state index contributed by atoms with van der Waals surface area (Å²) in [6.07, 6.45) is 1.02. The number of nitrogens with zero attached hydrogens (tertiary/aromatic N) is 3. The molecule has 0 amide bonds. The number of aromatic nitrogens is 3. The fraction of sp³-hybridized carbons (Fsp3) is 0.143. The van der Waals surface area contributed by atoms with Crippen LogP contribution in [0.15, 0.2) is 39.3 Å². The third-order valence-corrected chi connectivity index (χ3v) is 4.64. The van der Waals surface area contributed by atoms with Gasteiger partial charge in [-0.25, -0.2) is 0 Å². The summed E-state index contributed by atoms with van der Waals surface area (Å²) in [4.78, 5) is 1.63.